The first-order valence-corrected chi connectivity index (χ1v) is 7.05. The largest absolute Gasteiger partial charge is 0.476 e. The first kappa shape index (κ1) is 19.6. The summed E-state index contributed by atoms with van der Waals surface area (Å²) in [7, 11) is 1.44. The number of carbonyl (C=O) groups is 1. The molecule has 0 spiro atoms. The molecule has 130 valence electrons. The van der Waals surface area contributed by atoms with Crippen molar-refractivity contribution in [3.8, 4) is 5.88 Å². The van der Waals surface area contributed by atoms with E-state index in [0.29, 0.717) is 18.7 Å². The third-order valence-corrected chi connectivity index (χ3v) is 3.73. The molecule has 3 N–H and O–H groups in total. The van der Waals surface area contributed by atoms with Gasteiger partial charge in [-0.25, -0.2) is 4.98 Å². The van der Waals surface area contributed by atoms with Gasteiger partial charge in [0, 0.05) is 31.5 Å². The second kappa shape index (κ2) is 8.97. The maximum Gasteiger partial charge on any atom is 0.246 e. The molecule has 0 aliphatic heterocycles. The molecule has 2 rings (SSSR count). The number of halogens is 1. The van der Waals surface area contributed by atoms with Crippen LogP contribution in [0, 0.1) is 5.41 Å². The summed E-state index contributed by atoms with van der Waals surface area (Å²) in [5.41, 5.74) is -0.556. The van der Waals surface area contributed by atoms with Gasteiger partial charge in [0.05, 0.1) is 25.0 Å². The van der Waals surface area contributed by atoms with Gasteiger partial charge in [-0.05, 0) is 12.8 Å². The molecule has 23 heavy (non-hydrogen) atoms. The Labute approximate surface area is 140 Å². The summed E-state index contributed by atoms with van der Waals surface area (Å²) in [6.07, 6.45) is 3.55. The second-order valence-electron chi connectivity index (χ2n) is 5.59. The second-order valence-corrected chi connectivity index (χ2v) is 5.59. The predicted molar refractivity (Wildman–Crippen MR) is 83.3 cm³/mol. The van der Waals surface area contributed by atoms with E-state index in [0.717, 1.165) is 0 Å². The summed E-state index contributed by atoms with van der Waals surface area (Å²) >= 11 is 0. The van der Waals surface area contributed by atoms with Crippen molar-refractivity contribution in [3.63, 3.8) is 0 Å². The molecule has 1 aliphatic carbocycles. The highest BCUT2D eigenvalue weighted by Gasteiger charge is 2.45. The van der Waals surface area contributed by atoms with Crippen LogP contribution in [0.1, 0.15) is 12.8 Å². The van der Waals surface area contributed by atoms with Crippen LogP contribution in [-0.2, 0) is 9.53 Å². The van der Waals surface area contributed by atoms with E-state index in [-0.39, 0.29) is 38.1 Å². The number of carbonyl (C=O) groups excluding carboxylic acids is 1. The number of hydrogen-bond acceptors (Lipinski definition) is 7. The van der Waals surface area contributed by atoms with E-state index in [1.54, 1.807) is 0 Å². The minimum atomic E-state index is -0.829. The lowest BCUT2D eigenvalue weighted by molar-refractivity contribution is -0.125. The fourth-order valence-corrected chi connectivity index (χ4v) is 2.61. The fraction of sp³-hybridized carbons (Fsp3) is 0.643. The third-order valence-electron chi connectivity index (χ3n) is 3.73. The Balaban J connectivity index is 0.00000264. The van der Waals surface area contributed by atoms with Crippen molar-refractivity contribution < 1.29 is 24.5 Å². The molecule has 0 radical (unpaired) electrons. The van der Waals surface area contributed by atoms with E-state index in [9.17, 15) is 15.0 Å². The average molecular weight is 348 g/mol. The zero-order chi connectivity index (χ0) is 16.0. The predicted octanol–water partition coefficient (Wildman–Crippen LogP) is -0.458. The minimum absolute atomic E-state index is 0. The first-order chi connectivity index (χ1) is 10.5. The molecule has 0 aromatic carbocycles. The van der Waals surface area contributed by atoms with Crippen molar-refractivity contribution in [2.45, 2.75) is 25.0 Å². The SMILES string of the molecule is COCC(=O)NCC1(COc2cnccn2)C[C@@H](O)[C@@H](O)C1.Cl. The molecule has 3 atom stereocenters. The third kappa shape index (κ3) is 5.58. The molecule has 0 bridgehead atoms. The summed E-state index contributed by atoms with van der Waals surface area (Å²) in [5.74, 6) is 0.109. The number of amides is 1. The van der Waals surface area contributed by atoms with E-state index in [2.05, 4.69) is 15.3 Å². The fourth-order valence-electron chi connectivity index (χ4n) is 2.61. The van der Waals surface area contributed by atoms with Crippen LogP contribution in [0.2, 0.25) is 0 Å². The van der Waals surface area contributed by atoms with Crippen LogP contribution >= 0.6 is 12.4 Å². The Morgan fingerprint density at radius 3 is 2.65 bits per heavy atom. The van der Waals surface area contributed by atoms with Gasteiger partial charge in [0.2, 0.25) is 11.8 Å². The van der Waals surface area contributed by atoms with Crippen molar-refractivity contribution in [1.29, 1.82) is 0 Å². The van der Waals surface area contributed by atoms with Crippen molar-refractivity contribution in [2.24, 2.45) is 5.41 Å². The van der Waals surface area contributed by atoms with Gasteiger partial charge in [-0.1, -0.05) is 0 Å². The van der Waals surface area contributed by atoms with Crippen molar-refractivity contribution in [2.75, 3.05) is 26.9 Å². The number of methoxy groups -OCH3 is 1. The summed E-state index contributed by atoms with van der Waals surface area (Å²) in [6.45, 7) is 0.461. The van der Waals surface area contributed by atoms with Crippen molar-refractivity contribution >= 4 is 18.3 Å². The number of aromatic nitrogens is 2. The molecule has 9 heteroatoms. The Bertz CT molecular complexity index is 481. The molecule has 1 saturated carbocycles. The molecule has 1 aromatic rings. The minimum Gasteiger partial charge on any atom is -0.476 e. The molecular weight excluding hydrogens is 326 g/mol. The van der Waals surface area contributed by atoms with E-state index in [4.69, 9.17) is 9.47 Å². The highest BCUT2D eigenvalue weighted by molar-refractivity contribution is 5.85. The molecule has 1 unspecified atom stereocenters. The Hall–Kier alpha value is -1.48. The maximum absolute atomic E-state index is 11.6. The van der Waals surface area contributed by atoms with Gasteiger partial charge in [0.15, 0.2) is 0 Å². The molecule has 8 nitrogen and oxygen atoms in total. The molecule has 1 aliphatic rings. The molecule has 1 amide bonds. The van der Waals surface area contributed by atoms with Crippen LogP contribution in [0.25, 0.3) is 0 Å². The van der Waals surface area contributed by atoms with Crippen LogP contribution in [-0.4, -0.2) is 65.2 Å². The lowest BCUT2D eigenvalue weighted by atomic mass is 9.86. The number of rotatable bonds is 7. The van der Waals surface area contributed by atoms with Crippen LogP contribution in [0.4, 0.5) is 0 Å². The number of nitrogens with one attached hydrogen (secondary N) is 1. The summed E-state index contributed by atoms with van der Waals surface area (Å²) in [4.78, 5) is 19.5. The van der Waals surface area contributed by atoms with Crippen molar-refractivity contribution in [1.82, 2.24) is 15.3 Å². The lowest BCUT2D eigenvalue weighted by Gasteiger charge is -2.28. The number of nitrogens with zero attached hydrogens (tertiary/aromatic N) is 2. The van der Waals surface area contributed by atoms with Gasteiger partial charge in [0.1, 0.15) is 6.61 Å². The standard InChI is InChI=1S/C14H21N3O5.ClH/c1-21-7-12(20)17-8-14(4-10(18)11(19)5-14)9-22-13-6-15-2-3-16-13;/h2-3,6,10-11,18-19H,4-5,7-9H2,1H3,(H,17,20);1H/t10-,11+,14?;. The zero-order valence-electron chi connectivity index (χ0n) is 12.8. The van der Waals surface area contributed by atoms with Gasteiger partial charge < -0.3 is 25.0 Å². The molecule has 0 saturated heterocycles. The Morgan fingerprint density at radius 2 is 2.09 bits per heavy atom. The van der Waals surface area contributed by atoms with Gasteiger partial charge in [-0.2, -0.15) is 0 Å². The van der Waals surface area contributed by atoms with Gasteiger partial charge in [-0.3, -0.25) is 9.78 Å². The number of aliphatic hydroxyl groups excluding tert-OH is 2. The van der Waals surface area contributed by atoms with Gasteiger partial charge >= 0.3 is 0 Å². The molecule has 1 aromatic heterocycles. The van der Waals surface area contributed by atoms with Crippen LogP contribution in [0.5, 0.6) is 5.88 Å². The molecule has 1 heterocycles. The summed E-state index contributed by atoms with van der Waals surface area (Å²) in [6, 6.07) is 0. The van der Waals surface area contributed by atoms with E-state index in [1.165, 1.54) is 25.7 Å². The average Bonchev–Trinajstić information content (AvgIpc) is 2.80. The van der Waals surface area contributed by atoms with Crippen LogP contribution in [0.3, 0.4) is 0 Å². The highest BCUT2D eigenvalue weighted by atomic mass is 35.5. The quantitative estimate of drug-likeness (QED) is 0.611. The van der Waals surface area contributed by atoms with Gasteiger partial charge in [-0.15, -0.1) is 12.4 Å². The van der Waals surface area contributed by atoms with Crippen molar-refractivity contribution in [3.05, 3.63) is 18.6 Å². The monoisotopic (exact) mass is 347 g/mol. The lowest BCUT2D eigenvalue weighted by Crippen LogP contribution is -2.41. The highest BCUT2D eigenvalue weighted by Crippen LogP contribution is 2.38. The van der Waals surface area contributed by atoms with E-state index >= 15 is 0 Å². The Morgan fingerprint density at radius 1 is 1.39 bits per heavy atom. The molecule has 1 fully saturated rings. The number of aliphatic hydroxyl groups is 2. The number of ether oxygens (including phenoxy) is 2. The van der Waals surface area contributed by atoms with Crippen LogP contribution in [0.15, 0.2) is 18.6 Å². The van der Waals surface area contributed by atoms with E-state index < -0.39 is 17.6 Å². The zero-order valence-corrected chi connectivity index (χ0v) is 13.7. The molecular formula is C14H22ClN3O5. The Kier molecular flexibility index (Phi) is 7.63. The normalized spacial score (nSPS) is 26.4. The summed E-state index contributed by atoms with van der Waals surface area (Å²) < 4.78 is 10.4. The van der Waals surface area contributed by atoms with Gasteiger partial charge in [0.25, 0.3) is 0 Å². The van der Waals surface area contributed by atoms with Crippen LogP contribution < -0.4 is 10.1 Å². The maximum atomic E-state index is 11.6. The first-order valence-electron chi connectivity index (χ1n) is 7.05. The summed E-state index contributed by atoms with van der Waals surface area (Å²) in [5, 5.41) is 22.4. The topological polar surface area (TPSA) is 114 Å². The smallest absolute Gasteiger partial charge is 0.246 e. The number of hydrogen-bond donors (Lipinski definition) is 3. The van der Waals surface area contributed by atoms with E-state index in [1.807, 2.05) is 0 Å².